The van der Waals surface area contributed by atoms with Crippen LogP contribution in [0.1, 0.15) is 5.56 Å². The van der Waals surface area contributed by atoms with Gasteiger partial charge < -0.3 is 0 Å². The Bertz CT molecular complexity index is 339. The molecule has 0 aliphatic rings. The molecule has 1 rings (SSSR count). The fourth-order valence-electron chi connectivity index (χ4n) is 0.874. The molecule has 0 unspecified atom stereocenters. The lowest BCUT2D eigenvalue weighted by Gasteiger charge is -1.94. The van der Waals surface area contributed by atoms with Crippen molar-refractivity contribution in [1.29, 1.82) is 0 Å². The van der Waals surface area contributed by atoms with Crippen LogP contribution in [0.3, 0.4) is 0 Å². The number of rotatable bonds is 3. The van der Waals surface area contributed by atoms with Crippen LogP contribution in [-0.4, -0.2) is 12.3 Å². The molecular formula is C10H9NOS. The first-order valence-electron chi connectivity index (χ1n) is 3.75. The average Bonchev–Trinajstić information content (AvgIpc) is 2.19. The summed E-state index contributed by atoms with van der Waals surface area (Å²) < 4.78 is 0. The summed E-state index contributed by atoms with van der Waals surface area (Å²) in [6.45, 7) is 0. The van der Waals surface area contributed by atoms with Crippen LogP contribution in [0.2, 0.25) is 0 Å². The highest BCUT2D eigenvalue weighted by Gasteiger charge is 1.91. The van der Waals surface area contributed by atoms with E-state index in [4.69, 9.17) is 0 Å². The predicted molar refractivity (Wildman–Crippen MR) is 56.1 cm³/mol. The van der Waals surface area contributed by atoms with E-state index in [-0.39, 0.29) is 0 Å². The molecule has 1 aromatic rings. The van der Waals surface area contributed by atoms with E-state index in [1.807, 2.05) is 42.7 Å². The Hall–Kier alpha value is -1.31. The second kappa shape index (κ2) is 5.36. The molecule has 0 fully saturated rings. The third kappa shape index (κ3) is 3.28. The van der Waals surface area contributed by atoms with Crippen LogP contribution in [-0.2, 0) is 4.79 Å². The number of hydrogen-bond acceptors (Lipinski definition) is 3. The first kappa shape index (κ1) is 9.78. The molecule has 0 N–H and O–H groups in total. The van der Waals surface area contributed by atoms with E-state index in [9.17, 15) is 4.79 Å². The van der Waals surface area contributed by atoms with Crippen molar-refractivity contribution in [3.8, 4) is 0 Å². The standard InChI is InChI=1S/C10H9NOS/c1-13-10(11-8-12)7-9-5-3-2-4-6-9/h2-7H,1H3/b10-7-. The zero-order valence-corrected chi connectivity index (χ0v) is 8.04. The largest absolute Gasteiger partial charge is 0.241 e. The highest BCUT2D eigenvalue weighted by atomic mass is 32.2. The van der Waals surface area contributed by atoms with Gasteiger partial charge in [-0.2, -0.15) is 4.99 Å². The lowest BCUT2D eigenvalue weighted by molar-refractivity contribution is 0.565. The van der Waals surface area contributed by atoms with E-state index in [1.54, 1.807) is 0 Å². The smallest absolute Gasteiger partial charge is 0.211 e. The Morgan fingerprint density at radius 2 is 2.15 bits per heavy atom. The van der Waals surface area contributed by atoms with Crippen LogP contribution in [0.5, 0.6) is 0 Å². The lowest BCUT2D eigenvalue weighted by atomic mass is 10.2. The minimum absolute atomic E-state index is 0.668. The summed E-state index contributed by atoms with van der Waals surface area (Å²) >= 11 is 1.42. The molecule has 0 spiro atoms. The van der Waals surface area contributed by atoms with Gasteiger partial charge in [-0.15, -0.1) is 11.8 Å². The van der Waals surface area contributed by atoms with Crippen molar-refractivity contribution >= 4 is 23.9 Å². The molecule has 0 bridgehead atoms. The molecule has 0 aliphatic carbocycles. The maximum Gasteiger partial charge on any atom is 0.241 e. The van der Waals surface area contributed by atoms with Crippen molar-refractivity contribution in [1.82, 2.24) is 0 Å². The molecule has 3 heteroatoms. The normalized spacial score (nSPS) is 10.7. The second-order valence-corrected chi connectivity index (χ2v) is 3.13. The first-order chi connectivity index (χ1) is 6.36. The maximum atomic E-state index is 10.0. The monoisotopic (exact) mass is 191 g/mol. The average molecular weight is 191 g/mol. The van der Waals surface area contributed by atoms with Gasteiger partial charge in [0.25, 0.3) is 0 Å². The molecule has 0 radical (unpaired) electrons. The summed E-state index contributed by atoms with van der Waals surface area (Å²) in [5.74, 6) is 0. The molecule has 1 aromatic carbocycles. The zero-order valence-electron chi connectivity index (χ0n) is 7.23. The van der Waals surface area contributed by atoms with Crippen LogP contribution in [0.25, 0.3) is 6.08 Å². The molecule has 0 saturated heterocycles. The van der Waals surface area contributed by atoms with E-state index in [0.717, 1.165) is 5.56 Å². The summed E-state index contributed by atoms with van der Waals surface area (Å²) in [5.41, 5.74) is 1.03. The molecule has 13 heavy (non-hydrogen) atoms. The Balaban J connectivity index is 2.91. The van der Waals surface area contributed by atoms with E-state index in [0.29, 0.717) is 5.03 Å². The number of benzene rings is 1. The van der Waals surface area contributed by atoms with Crippen LogP contribution >= 0.6 is 11.8 Å². The minimum atomic E-state index is 0.668. The predicted octanol–water partition coefficient (Wildman–Crippen LogP) is 2.68. The molecule has 0 saturated carbocycles. The molecule has 0 aliphatic heterocycles. The van der Waals surface area contributed by atoms with Gasteiger partial charge in [0.15, 0.2) is 0 Å². The van der Waals surface area contributed by atoms with Crippen molar-refractivity contribution in [2.45, 2.75) is 0 Å². The van der Waals surface area contributed by atoms with Gasteiger partial charge in [-0.1, -0.05) is 30.3 Å². The van der Waals surface area contributed by atoms with Crippen LogP contribution in [0.15, 0.2) is 40.4 Å². The molecule has 66 valence electrons. The number of thioether (sulfide) groups is 1. The Kier molecular flexibility index (Phi) is 4.03. The van der Waals surface area contributed by atoms with Gasteiger partial charge in [0.1, 0.15) is 5.03 Å². The first-order valence-corrected chi connectivity index (χ1v) is 4.98. The highest BCUT2D eigenvalue weighted by molar-refractivity contribution is 8.02. The van der Waals surface area contributed by atoms with Crippen molar-refractivity contribution in [3.63, 3.8) is 0 Å². The van der Waals surface area contributed by atoms with Gasteiger partial charge in [0.2, 0.25) is 6.08 Å². The number of hydrogen-bond donors (Lipinski definition) is 0. The number of aliphatic imine (C=N–C) groups is 1. The van der Waals surface area contributed by atoms with E-state index >= 15 is 0 Å². The summed E-state index contributed by atoms with van der Waals surface area (Å²) in [7, 11) is 0. The van der Waals surface area contributed by atoms with Crippen molar-refractivity contribution < 1.29 is 4.79 Å². The van der Waals surface area contributed by atoms with Crippen molar-refractivity contribution in [3.05, 3.63) is 40.9 Å². The fourth-order valence-corrected chi connectivity index (χ4v) is 1.26. The van der Waals surface area contributed by atoms with Gasteiger partial charge in [-0.05, 0) is 17.9 Å². The molecule has 0 atom stereocenters. The second-order valence-electron chi connectivity index (χ2n) is 2.30. The molecule has 0 aromatic heterocycles. The van der Waals surface area contributed by atoms with E-state index in [2.05, 4.69) is 4.99 Å². The van der Waals surface area contributed by atoms with E-state index < -0.39 is 0 Å². The number of carbonyl (C=O) groups excluding carboxylic acids is 1. The van der Waals surface area contributed by atoms with Gasteiger partial charge in [-0.25, -0.2) is 4.79 Å². The van der Waals surface area contributed by atoms with Gasteiger partial charge in [0, 0.05) is 0 Å². The van der Waals surface area contributed by atoms with Gasteiger partial charge >= 0.3 is 0 Å². The fraction of sp³-hybridized carbons (Fsp3) is 0.100. The molecule has 2 nitrogen and oxygen atoms in total. The van der Waals surface area contributed by atoms with Crippen LogP contribution < -0.4 is 0 Å². The van der Waals surface area contributed by atoms with Gasteiger partial charge in [0.05, 0.1) is 0 Å². The molecular weight excluding hydrogens is 182 g/mol. The Morgan fingerprint density at radius 3 is 2.69 bits per heavy atom. The SMILES string of the molecule is CS/C(=C\c1ccccc1)N=C=O. The summed E-state index contributed by atoms with van der Waals surface area (Å²) in [6.07, 6.45) is 5.24. The lowest BCUT2D eigenvalue weighted by Crippen LogP contribution is -1.72. The number of isocyanates is 1. The maximum absolute atomic E-state index is 10.0. The highest BCUT2D eigenvalue weighted by Crippen LogP contribution is 2.16. The van der Waals surface area contributed by atoms with Crippen LogP contribution in [0.4, 0.5) is 0 Å². The topological polar surface area (TPSA) is 29.4 Å². The summed E-state index contributed by atoms with van der Waals surface area (Å²) in [6, 6.07) is 9.73. The van der Waals surface area contributed by atoms with Gasteiger partial charge in [-0.3, -0.25) is 0 Å². The quantitative estimate of drug-likeness (QED) is 0.543. The molecule has 0 heterocycles. The third-order valence-electron chi connectivity index (χ3n) is 1.45. The minimum Gasteiger partial charge on any atom is -0.211 e. The summed E-state index contributed by atoms with van der Waals surface area (Å²) in [5, 5.41) is 0.668. The van der Waals surface area contributed by atoms with Crippen molar-refractivity contribution in [2.75, 3.05) is 6.26 Å². The molecule has 0 amide bonds. The zero-order chi connectivity index (χ0) is 9.52. The van der Waals surface area contributed by atoms with Crippen molar-refractivity contribution in [2.24, 2.45) is 4.99 Å². The van der Waals surface area contributed by atoms with E-state index in [1.165, 1.54) is 17.8 Å². The van der Waals surface area contributed by atoms with Crippen LogP contribution in [0, 0.1) is 0 Å². The third-order valence-corrected chi connectivity index (χ3v) is 2.08. The Morgan fingerprint density at radius 1 is 1.46 bits per heavy atom. The summed E-state index contributed by atoms with van der Waals surface area (Å²) in [4.78, 5) is 13.6. The Labute approximate surface area is 81.4 Å². The number of nitrogens with zero attached hydrogens (tertiary/aromatic N) is 1.